The van der Waals surface area contributed by atoms with E-state index in [-0.39, 0.29) is 0 Å². The summed E-state index contributed by atoms with van der Waals surface area (Å²) in [5.74, 6) is 0. The van der Waals surface area contributed by atoms with Crippen molar-refractivity contribution in [1.82, 2.24) is 9.80 Å². The van der Waals surface area contributed by atoms with E-state index in [4.69, 9.17) is 4.74 Å². The van der Waals surface area contributed by atoms with Gasteiger partial charge in [0.1, 0.15) is 0 Å². The molecule has 25 heavy (non-hydrogen) atoms. The van der Waals surface area contributed by atoms with Crippen LogP contribution in [-0.2, 0) is 11.2 Å². The quantitative estimate of drug-likeness (QED) is 0.713. The van der Waals surface area contributed by atoms with Crippen LogP contribution in [0.2, 0.25) is 0 Å². The normalized spacial score (nSPS) is 24.6. The molecule has 2 heterocycles. The molecule has 140 valence electrons. The predicted octanol–water partition coefficient (Wildman–Crippen LogP) is 3.83. The Kier molecular flexibility index (Phi) is 6.92. The van der Waals surface area contributed by atoms with Crippen molar-refractivity contribution in [3.8, 4) is 0 Å². The number of benzene rings is 1. The van der Waals surface area contributed by atoms with Gasteiger partial charge in [-0.25, -0.2) is 0 Å². The topological polar surface area (TPSA) is 15.7 Å². The fourth-order valence-electron chi connectivity index (χ4n) is 4.32. The predicted molar refractivity (Wildman–Crippen MR) is 105 cm³/mol. The standard InChI is InChI=1S/C22H36N2O/c1-3-22(4-2)18-21(25-19-22)11-13-24-16-14-23(15-17-24)12-10-20-8-6-5-7-9-20/h5-9,21H,3-4,10-19H2,1-2H3. The number of rotatable bonds is 8. The Morgan fingerprint density at radius 3 is 2.20 bits per heavy atom. The van der Waals surface area contributed by atoms with Crippen LogP contribution in [0.5, 0.6) is 0 Å². The first-order valence-electron chi connectivity index (χ1n) is 10.3. The molecule has 0 radical (unpaired) electrons. The monoisotopic (exact) mass is 344 g/mol. The van der Waals surface area contributed by atoms with Gasteiger partial charge in [-0.1, -0.05) is 44.2 Å². The van der Waals surface area contributed by atoms with E-state index in [0.717, 1.165) is 6.61 Å². The highest BCUT2D eigenvalue weighted by molar-refractivity contribution is 5.14. The molecule has 1 aromatic rings. The number of hydrogen-bond acceptors (Lipinski definition) is 3. The molecular formula is C22H36N2O. The van der Waals surface area contributed by atoms with Gasteiger partial charge in [-0.05, 0) is 43.1 Å². The lowest BCUT2D eigenvalue weighted by Gasteiger charge is -2.35. The maximum absolute atomic E-state index is 6.11. The van der Waals surface area contributed by atoms with Gasteiger partial charge in [-0.2, -0.15) is 0 Å². The lowest BCUT2D eigenvalue weighted by atomic mass is 9.80. The Balaban J connectivity index is 1.32. The third-order valence-corrected chi connectivity index (χ3v) is 6.58. The van der Waals surface area contributed by atoms with E-state index in [1.807, 2.05) is 0 Å². The van der Waals surface area contributed by atoms with Crippen molar-refractivity contribution in [2.45, 2.75) is 52.1 Å². The van der Waals surface area contributed by atoms with Gasteiger partial charge in [-0.3, -0.25) is 0 Å². The molecule has 0 aromatic heterocycles. The zero-order valence-electron chi connectivity index (χ0n) is 16.3. The van der Waals surface area contributed by atoms with E-state index < -0.39 is 0 Å². The number of hydrogen-bond donors (Lipinski definition) is 0. The summed E-state index contributed by atoms with van der Waals surface area (Å²) in [5.41, 5.74) is 1.93. The molecule has 2 aliphatic rings. The zero-order valence-corrected chi connectivity index (χ0v) is 16.3. The molecule has 0 N–H and O–H groups in total. The highest BCUT2D eigenvalue weighted by atomic mass is 16.5. The van der Waals surface area contributed by atoms with Crippen LogP contribution in [0.15, 0.2) is 30.3 Å². The van der Waals surface area contributed by atoms with E-state index in [9.17, 15) is 0 Å². The second-order valence-corrected chi connectivity index (χ2v) is 8.05. The molecule has 1 aromatic carbocycles. The van der Waals surface area contributed by atoms with Gasteiger partial charge in [0.2, 0.25) is 0 Å². The van der Waals surface area contributed by atoms with Gasteiger partial charge in [0.25, 0.3) is 0 Å². The molecule has 2 aliphatic heterocycles. The zero-order chi connectivity index (χ0) is 17.5. The fraction of sp³-hybridized carbons (Fsp3) is 0.727. The molecule has 0 spiro atoms. The van der Waals surface area contributed by atoms with E-state index in [1.165, 1.54) is 76.9 Å². The molecule has 0 bridgehead atoms. The van der Waals surface area contributed by atoms with Crippen molar-refractivity contribution in [2.75, 3.05) is 45.9 Å². The Morgan fingerprint density at radius 2 is 1.60 bits per heavy atom. The Hall–Kier alpha value is -0.900. The number of ether oxygens (including phenoxy) is 1. The minimum Gasteiger partial charge on any atom is -0.378 e. The molecule has 3 heteroatoms. The van der Waals surface area contributed by atoms with Crippen molar-refractivity contribution >= 4 is 0 Å². The smallest absolute Gasteiger partial charge is 0.0593 e. The van der Waals surface area contributed by atoms with Gasteiger partial charge in [0.05, 0.1) is 12.7 Å². The average Bonchev–Trinajstić information content (AvgIpc) is 3.10. The summed E-state index contributed by atoms with van der Waals surface area (Å²) in [5, 5.41) is 0. The van der Waals surface area contributed by atoms with Crippen LogP contribution in [-0.4, -0.2) is 61.8 Å². The van der Waals surface area contributed by atoms with Crippen LogP contribution in [0.4, 0.5) is 0 Å². The Bertz CT molecular complexity index is 492. The molecule has 3 rings (SSSR count). The van der Waals surface area contributed by atoms with Gasteiger partial charge < -0.3 is 14.5 Å². The SMILES string of the molecule is CCC1(CC)COC(CCN2CCN(CCc3ccccc3)CC2)C1. The maximum atomic E-state index is 6.11. The van der Waals surface area contributed by atoms with Crippen LogP contribution >= 0.6 is 0 Å². The van der Waals surface area contributed by atoms with Crippen molar-refractivity contribution in [2.24, 2.45) is 5.41 Å². The van der Waals surface area contributed by atoms with Gasteiger partial charge in [0, 0.05) is 39.3 Å². The Labute approximate surface area is 154 Å². The van der Waals surface area contributed by atoms with Crippen molar-refractivity contribution in [3.63, 3.8) is 0 Å². The lowest BCUT2D eigenvalue weighted by molar-refractivity contribution is 0.0695. The van der Waals surface area contributed by atoms with Crippen molar-refractivity contribution in [3.05, 3.63) is 35.9 Å². The second kappa shape index (κ2) is 9.16. The average molecular weight is 345 g/mol. The molecule has 0 amide bonds. The first-order chi connectivity index (χ1) is 12.2. The van der Waals surface area contributed by atoms with Gasteiger partial charge in [-0.15, -0.1) is 0 Å². The number of piperazine rings is 1. The molecule has 2 fully saturated rings. The van der Waals surface area contributed by atoms with E-state index in [1.54, 1.807) is 0 Å². The van der Waals surface area contributed by atoms with Crippen molar-refractivity contribution in [1.29, 1.82) is 0 Å². The van der Waals surface area contributed by atoms with Gasteiger partial charge >= 0.3 is 0 Å². The molecule has 3 nitrogen and oxygen atoms in total. The minimum absolute atomic E-state index is 0.473. The first kappa shape index (κ1) is 18.9. The molecular weight excluding hydrogens is 308 g/mol. The lowest BCUT2D eigenvalue weighted by Crippen LogP contribution is -2.47. The van der Waals surface area contributed by atoms with E-state index >= 15 is 0 Å². The highest BCUT2D eigenvalue weighted by Crippen LogP contribution is 2.39. The molecule has 1 unspecified atom stereocenters. The highest BCUT2D eigenvalue weighted by Gasteiger charge is 2.37. The summed E-state index contributed by atoms with van der Waals surface area (Å²) in [6.07, 6.45) is 6.69. The summed E-state index contributed by atoms with van der Waals surface area (Å²) in [6, 6.07) is 10.9. The summed E-state index contributed by atoms with van der Waals surface area (Å²) < 4.78 is 6.11. The van der Waals surface area contributed by atoms with Crippen LogP contribution in [0, 0.1) is 5.41 Å². The second-order valence-electron chi connectivity index (χ2n) is 8.05. The number of nitrogens with zero attached hydrogens (tertiary/aromatic N) is 2. The summed E-state index contributed by atoms with van der Waals surface area (Å²) in [6.45, 7) is 12.9. The summed E-state index contributed by atoms with van der Waals surface area (Å²) in [4.78, 5) is 5.26. The molecule has 2 saturated heterocycles. The molecule has 0 saturated carbocycles. The fourth-order valence-corrected chi connectivity index (χ4v) is 4.32. The Morgan fingerprint density at radius 1 is 0.960 bits per heavy atom. The van der Waals surface area contributed by atoms with E-state index in [2.05, 4.69) is 54.0 Å². The first-order valence-corrected chi connectivity index (χ1v) is 10.3. The van der Waals surface area contributed by atoms with Crippen LogP contribution < -0.4 is 0 Å². The third-order valence-electron chi connectivity index (χ3n) is 6.58. The minimum atomic E-state index is 0.473. The maximum Gasteiger partial charge on any atom is 0.0593 e. The van der Waals surface area contributed by atoms with Gasteiger partial charge in [0.15, 0.2) is 0 Å². The third kappa shape index (κ3) is 5.29. The molecule has 1 atom stereocenters. The van der Waals surface area contributed by atoms with Crippen molar-refractivity contribution < 1.29 is 4.74 Å². The van der Waals surface area contributed by atoms with Crippen LogP contribution in [0.3, 0.4) is 0 Å². The summed E-state index contributed by atoms with van der Waals surface area (Å²) in [7, 11) is 0. The largest absolute Gasteiger partial charge is 0.378 e. The van der Waals surface area contributed by atoms with Crippen LogP contribution in [0.1, 0.15) is 45.1 Å². The van der Waals surface area contributed by atoms with Crippen LogP contribution in [0.25, 0.3) is 0 Å². The molecule has 0 aliphatic carbocycles. The summed E-state index contributed by atoms with van der Waals surface area (Å²) >= 11 is 0. The van der Waals surface area contributed by atoms with E-state index in [0.29, 0.717) is 11.5 Å².